The smallest absolute Gasteiger partial charge is 0.234 e. The maximum atomic E-state index is 11.8. The molecule has 17 heavy (non-hydrogen) atoms. The van der Waals surface area contributed by atoms with E-state index in [-0.39, 0.29) is 18.6 Å². The van der Waals surface area contributed by atoms with Crippen LogP contribution in [0.2, 0.25) is 0 Å². The number of rotatable bonds is 5. The first-order valence-electron chi connectivity index (χ1n) is 6.65. The van der Waals surface area contributed by atoms with E-state index >= 15 is 0 Å². The highest BCUT2D eigenvalue weighted by Crippen LogP contribution is 2.15. The molecule has 4 nitrogen and oxygen atoms in total. The lowest BCUT2D eigenvalue weighted by molar-refractivity contribution is -0.123. The largest absolute Gasteiger partial charge is 0.396 e. The Hall–Kier alpha value is -0.610. The Morgan fingerprint density at radius 3 is 2.41 bits per heavy atom. The first-order valence-corrected chi connectivity index (χ1v) is 6.65. The molecule has 1 atom stereocenters. The summed E-state index contributed by atoms with van der Waals surface area (Å²) in [5.41, 5.74) is 0. The van der Waals surface area contributed by atoms with Gasteiger partial charge in [0.25, 0.3) is 0 Å². The van der Waals surface area contributed by atoms with Crippen LogP contribution in [0.1, 0.15) is 33.6 Å². The van der Waals surface area contributed by atoms with Crippen molar-refractivity contribution in [3.8, 4) is 0 Å². The topological polar surface area (TPSA) is 52.6 Å². The molecule has 4 heteroatoms. The number of carbonyl (C=O) groups excluding carboxylic acids is 1. The quantitative estimate of drug-likeness (QED) is 0.751. The lowest BCUT2D eigenvalue weighted by Crippen LogP contribution is -2.45. The summed E-state index contributed by atoms with van der Waals surface area (Å²) in [5, 5.41) is 12.1. The molecule has 0 aromatic carbocycles. The Balaban J connectivity index is 2.23. The van der Waals surface area contributed by atoms with E-state index in [9.17, 15) is 4.79 Å². The van der Waals surface area contributed by atoms with E-state index in [0.29, 0.717) is 18.4 Å². The van der Waals surface area contributed by atoms with Gasteiger partial charge in [-0.2, -0.15) is 0 Å². The molecule has 0 bridgehead atoms. The van der Waals surface area contributed by atoms with Gasteiger partial charge in [0, 0.05) is 12.6 Å². The zero-order valence-corrected chi connectivity index (χ0v) is 11.3. The molecule has 1 unspecified atom stereocenters. The van der Waals surface area contributed by atoms with Gasteiger partial charge in [-0.3, -0.25) is 9.69 Å². The van der Waals surface area contributed by atoms with Gasteiger partial charge in [0.2, 0.25) is 5.91 Å². The molecule has 100 valence electrons. The number of likely N-dealkylation sites (tertiary alicyclic amines) is 1. The van der Waals surface area contributed by atoms with Crippen LogP contribution in [0.15, 0.2) is 0 Å². The molecule has 0 saturated carbocycles. The maximum absolute atomic E-state index is 11.8. The van der Waals surface area contributed by atoms with Gasteiger partial charge in [0.1, 0.15) is 0 Å². The van der Waals surface area contributed by atoms with Crippen LogP contribution in [-0.4, -0.2) is 48.2 Å². The number of piperidine rings is 1. The van der Waals surface area contributed by atoms with E-state index in [1.165, 1.54) is 0 Å². The number of aliphatic hydroxyl groups is 1. The van der Waals surface area contributed by atoms with Gasteiger partial charge >= 0.3 is 0 Å². The van der Waals surface area contributed by atoms with E-state index in [1.807, 2.05) is 6.92 Å². The molecule has 2 N–H and O–H groups in total. The molecule has 1 amide bonds. The molecule has 0 radical (unpaired) electrons. The van der Waals surface area contributed by atoms with Gasteiger partial charge in [-0.15, -0.1) is 0 Å². The molecule has 0 aromatic rings. The summed E-state index contributed by atoms with van der Waals surface area (Å²) in [6, 6.07) is 0.234. The van der Waals surface area contributed by atoms with Gasteiger partial charge in [-0.1, -0.05) is 13.8 Å². The highest BCUT2D eigenvalue weighted by Gasteiger charge is 2.20. The zero-order valence-electron chi connectivity index (χ0n) is 11.3. The van der Waals surface area contributed by atoms with Crippen molar-refractivity contribution in [3.05, 3.63) is 0 Å². The number of carbonyl (C=O) groups is 1. The zero-order chi connectivity index (χ0) is 12.8. The summed E-state index contributed by atoms with van der Waals surface area (Å²) < 4.78 is 0. The van der Waals surface area contributed by atoms with Crippen LogP contribution < -0.4 is 5.32 Å². The van der Waals surface area contributed by atoms with Gasteiger partial charge < -0.3 is 10.4 Å². The summed E-state index contributed by atoms with van der Waals surface area (Å²) in [4.78, 5) is 14.0. The fourth-order valence-electron chi connectivity index (χ4n) is 2.00. The van der Waals surface area contributed by atoms with Crippen molar-refractivity contribution in [2.45, 2.75) is 39.7 Å². The monoisotopic (exact) mass is 242 g/mol. The minimum absolute atomic E-state index is 0.119. The Morgan fingerprint density at radius 2 is 1.94 bits per heavy atom. The second-order valence-corrected chi connectivity index (χ2v) is 5.50. The first-order chi connectivity index (χ1) is 8.02. The fraction of sp³-hybridized carbons (Fsp3) is 0.923. The molecule has 1 heterocycles. The molecule has 0 aromatic heterocycles. The average Bonchev–Trinajstić information content (AvgIpc) is 2.29. The highest BCUT2D eigenvalue weighted by molar-refractivity contribution is 5.78. The Bertz CT molecular complexity index is 236. The summed E-state index contributed by atoms with van der Waals surface area (Å²) in [6.45, 7) is 8.89. The van der Waals surface area contributed by atoms with Gasteiger partial charge in [0.05, 0.1) is 6.54 Å². The highest BCUT2D eigenvalue weighted by atomic mass is 16.3. The second-order valence-electron chi connectivity index (χ2n) is 5.50. The van der Waals surface area contributed by atoms with Crippen LogP contribution in [0.3, 0.4) is 0 Å². The number of hydrogen-bond acceptors (Lipinski definition) is 3. The number of nitrogens with one attached hydrogen (secondary N) is 1. The van der Waals surface area contributed by atoms with Gasteiger partial charge in [-0.25, -0.2) is 0 Å². The molecular formula is C13H26N2O2. The SMILES string of the molecule is CC(C)C(C)NC(=O)CN1CCC(CO)CC1. The van der Waals surface area contributed by atoms with E-state index < -0.39 is 0 Å². The van der Waals surface area contributed by atoms with Crippen LogP contribution in [0, 0.1) is 11.8 Å². The van der Waals surface area contributed by atoms with Crippen molar-refractivity contribution in [1.82, 2.24) is 10.2 Å². The van der Waals surface area contributed by atoms with E-state index in [0.717, 1.165) is 25.9 Å². The van der Waals surface area contributed by atoms with Gasteiger partial charge in [-0.05, 0) is 44.7 Å². The third-order valence-electron chi connectivity index (χ3n) is 3.72. The van der Waals surface area contributed by atoms with Crippen molar-refractivity contribution in [3.63, 3.8) is 0 Å². The molecule has 0 spiro atoms. The molecule has 1 rings (SSSR count). The molecule has 1 fully saturated rings. The molecule has 1 aliphatic rings. The third kappa shape index (κ3) is 5.04. The second kappa shape index (κ2) is 6.97. The van der Waals surface area contributed by atoms with Gasteiger partial charge in [0.15, 0.2) is 0 Å². The lowest BCUT2D eigenvalue weighted by Gasteiger charge is -2.31. The fourth-order valence-corrected chi connectivity index (χ4v) is 2.00. The number of nitrogens with zero attached hydrogens (tertiary/aromatic N) is 1. The first kappa shape index (κ1) is 14.5. The van der Waals surface area contributed by atoms with Crippen molar-refractivity contribution in [1.29, 1.82) is 0 Å². The molecule has 1 aliphatic heterocycles. The third-order valence-corrected chi connectivity index (χ3v) is 3.72. The van der Waals surface area contributed by atoms with Crippen LogP contribution in [-0.2, 0) is 4.79 Å². The normalized spacial score (nSPS) is 20.5. The molecule has 1 saturated heterocycles. The van der Waals surface area contributed by atoms with Crippen LogP contribution in [0.4, 0.5) is 0 Å². The van der Waals surface area contributed by atoms with E-state index in [4.69, 9.17) is 5.11 Å². The van der Waals surface area contributed by atoms with Crippen molar-refractivity contribution >= 4 is 5.91 Å². The number of amides is 1. The van der Waals surface area contributed by atoms with Crippen LogP contribution in [0.5, 0.6) is 0 Å². The minimum atomic E-state index is 0.119. The Kier molecular flexibility index (Phi) is 5.92. The van der Waals surface area contributed by atoms with E-state index in [1.54, 1.807) is 0 Å². The van der Waals surface area contributed by atoms with Crippen molar-refractivity contribution in [2.24, 2.45) is 11.8 Å². The maximum Gasteiger partial charge on any atom is 0.234 e. The van der Waals surface area contributed by atoms with Crippen molar-refractivity contribution in [2.75, 3.05) is 26.2 Å². The standard InChI is InChI=1S/C13H26N2O2/c1-10(2)11(3)14-13(17)8-15-6-4-12(9-16)5-7-15/h10-12,16H,4-9H2,1-3H3,(H,14,17). The van der Waals surface area contributed by atoms with Crippen LogP contribution in [0.25, 0.3) is 0 Å². The molecular weight excluding hydrogens is 216 g/mol. The summed E-state index contributed by atoms with van der Waals surface area (Å²) >= 11 is 0. The Morgan fingerprint density at radius 1 is 1.35 bits per heavy atom. The number of aliphatic hydroxyl groups excluding tert-OH is 1. The predicted octanol–water partition coefficient (Wildman–Crippen LogP) is 0.851. The predicted molar refractivity (Wildman–Crippen MR) is 68.7 cm³/mol. The average molecular weight is 242 g/mol. The number of hydrogen-bond donors (Lipinski definition) is 2. The van der Waals surface area contributed by atoms with E-state index in [2.05, 4.69) is 24.1 Å². The summed E-state index contributed by atoms with van der Waals surface area (Å²) in [6.07, 6.45) is 2.01. The Labute approximate surface area is 104 Å². The van der Waals surface area contributed by atoms with Crippen LogP contribution >= 0.6 is 0 Å². The molecule has 0 aliphatic carbocycles. The summed E-state index contributed by atoms with van der Waals surface area (Å²) in [7, 11) is 0. The summed E-state index contributed by atoms with van der Waals surface area (Å²) in [5.74, 6) is 1.02. The minimum Gasteiger partial charge on any atom is -0.396 e. The van der Waals surface area contributed by atoms with Crippen molar-refractivity contribution < 1.29 is 9.90 Å². The lowest BCUT2D eigenvalue weighted by atomic mass is 9.98.